The minimum Gasteiger partial charge on any atom is -0.460 e. The number of likely N-dealkylation sites (tertiary alicyclic amines) is 1. The summed E-state index contributed by atoms with van der Waals surface area (Å²) in [5.74, 6) is -2.37. The molecule has 3 aromatic carbocycles. The lowest BCUT2D eigenvalue weighted by atomic mass is 9.81. The Balaban J connectivity index is 0.00000276. The van der Waals surface area contributed by atoms with Gasteiger partial charge >= 0.3 is 11.9 Å². The summed E-state index contributed by atoms with van der Waals surface area (Å²) in [6, 6.07) is 26.0. The summed E-state index contributed by atoms with van der Waals surface area (Å²) in [4.78, 5) is 40.4. The number of allylic oxidation sites excluding steroid dienone is 1. The van der Waals surface area contributed by atoms with Crippen LogP contribution in [0.3, 0.4) is 0 Å². The normalized spacial score (nSPS) is 16.7. The molecule has 2 aliphatic heterocycles. The number of hydrogen-bond acceptors (Lipinski definition) is 9. The van der Waals surface area contributed by atoms with Crippen LogP contribution in [0.15, 0.2) is 108 Å². The van der Waals surface area contributed by atoms with E-state index in [2.05, 4.69) is 34.5 Å². The number of carbonyl (C=O) groups is 2. The van der Waals surface area contributed by atoms with E-state index in [0.717, 1.165) is 11.1 Å². The van der Waals surface area contributed by atoms with E-state index in [1.54, 1.807) is 26.8 Å². The molecule has 0 aliphatic carbocycles. The first-order valence-electron chi connectivity index (χ1n) is 14.1. The van der Waals surface area contributed by atoms with Crippen molar-refractivity contribution in [2.75, 3.05) is 13.1 Å². The molecular formula is C33H36Cl2N4O6. The molecule has 12 heteroatoms. The number of nitrogens with zero attached hydrogens (tertiary/aromatic N) is 2. The fraction of sp³-hybridized carbons (Fsp3) is 0.273. The van der Waals surface area contributed by atoms with Crippen molar-refractivity contribution >= 4 is 42.4 Å². The summed E-state index contributed by atoms with van der Waals surface area (Å²) in [6.07, 6.45) is -0.855. The van der Waals surface area contributed by atoms with Gasteiger partial charge in [-0.15, -0.1) is 24.8 Å². The summed E-state index contributed by atoms with van der Waals surface area (Å²) in [7, 11) is 0. The van der Waals surface area contributed by atoms with E-state index in [-0.39, 0.29) is 53.5 Å². The smallest absolute Gasteiger partial charge is 0.339 e. The van der Waals surface area contributed by atoms with Crippen LogP contribution in [0.5, 0.6) is 0 Å². The van der Waals surface area contributed by atoms with Gasteiger partial charge in [0.05, 0.1) is 34.1 Å². The highest BCUT2D eigenvalue weighted by molar-refractivity contribution is 6.00. The minimum absolute atomic E-state index is 0. The highest BCUT2D eigenvalue weighted by Crippen LogP contribution is 2.40. The molecule has 0 saturated carbocycles. The summed E-state index contributed by atoms with van der Waals surface area (Å²) < 4.78 is 11.5. The lowest BCUT2D eigenvalue weighted by Crippen LogP contribution is -2.54. The van der Waals surface area contributed by atoms with Crippen molar-refractivity contribution in [3.8, 4) is 0 Å². The van der Waals surface area contributed by atoms with E-state index in [1.807, 2.05) is 36.4 Å². The van der Waals surface area contributed by atoms with Crippen molar-refractivity contribution in [1.29, 1.82) is 0 Å². The Morgan fingerprint density at radius 2 is 1.49 bits per heavy atom. The van der Waals surface area contributed by atoms with Crippen LogP contribution in [-0.4, -0.2) is 47.1 Å². The van der Waals surface area contributed by atoms with Crippen molar-refractivity contribution in [2.24, 2.45) is 5.73 Å². The Morgan fingerprint density at radius 3 is 2.02 bits per heavy atom. The van der Waals surface area contributed by atoms with Crippen LogP contribution in [0.4, 0.5) is 5.69 Å². The van der Waals surface area contributed by atoms with Crippen LogP contribution < -0.4 is 11.1 Å². The second kappa shape index (κ2) is 15.1. The van der Waals surface area contributed by atoms with E-state index < -0.39 is 35.0 Å². The molecule has 0 bridgehead atoms. The Hall–Kier alpha value is -4.38. The molecule has 1 saturated heterocycles. The van der Waals surface area contributed by atoms with Gasteiger partial charge in [0.1, 0.15) is 11.9 Å². The quantitative estimate of drug-likeness (QED) is 0.173. The molecule has 45 heavy (non-hydrogen) atoms. The second-order valence-corrected chi connectivity index (χ2v) is 10.9. The van der Waals surface area contributed by atoms with Gasteiger partial charge in [0, 0.05) is 30.9 Å². The molecule has 0 spiro atoms. The van der Waals surface area contributed by atoms with E-state index in [1.165, 1.54) is 18.2 Å². The van der Waals surface area contributed by atoms with Gasteiger partial charge in [0.15, 0.2) is 0 Å². The first kappa shape index (κ1) is 35.1. The number of dihydropyridines is 1. The van der Waals surface area contributed by atoms with Crippen LogP contribution >= 0.6 is 24.8 Å². The fourth-order valence-electron chi connectivity index (χ4n) is 5.64. The maximum atomic E-state index is 13.8. The number of rotatable bonds is 9. The number of nitro benzene ring substituents is 1. The summed E-state index contributed by atoms with van der Waals surface area (Å²) >= 11 is 0. The lowest BCUT2D eigenvalue weighted by molar-refractivity contribution is -0.384. The van der Waals surface area contributed by atoms with Gasteiger partial charge in [-0.2, -0.15) is 0 Å². The molecule has 0 radical (unpaired) electrons. The Labute approximate surface area is 274 Å². The Kier molecular flexibility index (Phi) is 11.8. The fourth-order valence-corrected chi connectivity index (χ4v) is 5.64. The van der Waals surface area contributed by atoms with E-state index in [0.29, 0.717) is 24.4 Å². The number of hydrogen-bond donors (Lipinski definition) is 2. The molecule has 0 amide bonds. The number of nitro groups is 1. The highest BCUT2D eigenvalue weighted by atomic mass is 35.5. The maximum absolute atomic E-state index is 13.8. The predicted octanol–water partition coefficient (Wildman–Crippen LogP) is 5.54. The average Bonchev–Trinajstić information content (AvgIpc) is 2.96. The van der Waals surface area contributed by atoms with Crippen molar-refractivity contribution < 1.29 is 24.0 Å². The summed E-state index contributed by atoms with van der Waals surface area (Å²) in [5, 5.41) is 14.5. The minimum atomic E-state index is -1.03. The van der Waals surface area contributed by atoms with E-state index >= 15 is 0 Å². The Morgan fingerprint density at radius 1 is 0.911 bits per heavy atom. The SMILES string of the molecule is CC1=C(C(=O)OC(C)C)C(c2cccc([N+](=O)[O-])c2)C(C(=O)OC2CN(C(c3ccccc3)c3ccccc3)C2)=C(N)N1.Cl.Cl. The lowest BCUT2D eigenvalue weighted by Gasteiger charge is -2.44. The zero-order chi connectivity index (χ0) is 30.7. The first-order valence-corrected chi connectivity index (χ1v) is 14.1. The number of halogens is 2. The predicted molar refractivity (Wildman–Crippen MR) is 175 cm³/mol. The van der Waals surface area contributed by atoms with Crippen LogP contribution in [0.1, 0.15) is 49.4 Å². The number of ether oxygens (including phenoxy) is 2. The van der Waals surface area contributed by atoms with Gasteiger partial charge in [0.2, 0.25) is 0 Å². The number of benzene rings is 3. The summed E-state index contributed by atoms with van der Waals surface area (Å²) in [6.45, 7) is 6.05. The molecule has 0 aromatic heterocycles. The van der Waals surface area contributed by atoms with Crippen molar-refractivity contribution in [3.05, 3.63) is 134 Å². The molecule has 238 valence electrons. The number of non-ortho nitro benzene ring substituents is 1. The van der Waals surface area contributed by atoms with Crippen molar-refractivity contribution in [2.45, 2.75) is 44.9 Å². The van der Waals surface area contributed by atoms with Crippen LogP contribution in [0.2, 0.25) is 0 Å². The third-order valence-electron chi connectivity index (χ3n) is 7.54. The largest absolute Gasteiger partial charge is 0.460 e. The monoisotopic (exact) mass is 654 g/mol. The number of nitrogens with one attached hydrogen (secondary N) is 1. The van der Waals surface area contributed by atoms with Gasteiger partial charge in [-0.05, 0) is 37.5 Å². The van der Waals surface area contributed by atoms with Crippen molar-refractivity contribution in [1.82, 2.24) is 10.2 Å². The molecule has 1 unspecified atom stereocenters. The topological polar surface area (TPSA) is 137 Å². The maximum Gasteiger partial charge on any atom is 0.339 e. The zero-order valence-electron chi connectivity index (χ0n) is 25.0. The molecule has 5 rings (SSSR count). The molecule has 10 nitrogen and oxygen atoms in total. The zero-order valence-corrected chi connectivity index (χ0v) is 26.7. The second-order valence-electron chi connectivity index (χ2n) is 10.9. The van der Waals surface area contributed by atoms with Gasteiger partial charge in [-0.1, -0.05) is 72.8 Å². The number of esters is 2. The molecule has 2 aliphatic rings. The van der Waals surface area contributed by atoms with E-state index in [4.69, 9.17) is 15.2 Å². The standard InChI is InChI=1S/C33H34N4O6.2ClH/c1-20(2)42-32(38)27-21(3)35-31(34)29(28(27)24-15-10-16-25(17-24)37(40)41)33(39)43-26-18-36(19-26)30(22-11-6-4-7-12-22)23-13-8-5-9-14-23;;/h4-17,20,26,28,30,35H,18-19,34H2,1-3H3;2*1H. The number of carbonyl (C=O) groups excluding carboxylic acids is 2. The third kappa shape index (κ3) is 7.65. The average molecular weight is 656 g/mol. The van der Waals surface area contributed by atoms with Crippen LogP contribution in [0.25, 0.3) is 0 Å². The highest BCUT2D eigenvalue weighted by Gasteiger charge is 2.42. The molecule has 1 atom stereocenters. The molecule has 1 fully saturated rings. The van der Waals surface area contributed by atoms with Gasteiger partial charge < -0.3 is 20.5 Å². The number of nitrogens with two attached hydrogens (primary N) is 1. The molecule has 3 aromatic rings. The van der Waals surface area contributed by atoms with Gasteiger partial charge in [0.25, 0.3) is 5.69 Å². The molecule has 2 heterocycles. The van der Waals surface area contributed by atoms with Crippen LogP contribution in [0, 0.1) is 10.1 Å². The van der Waals surface area contributed by atoms with Gasteiger partial charge in [-0.25, -0.2) is 9.59 Å². The third-order valence-corrected chi connectivity index (χ3v) is 7.54. The molecular weight excluding hydrogens is 619 g/mol. The van der Waals surface area contributed by atoms with Crippen LogP contribution in [-0.2, 0) is 19.1 Å². The Bertz CT molecular complexity index is 1550. The summed E-state index contributed by atoms with van der Waals surface area (Å²) in [5.41, 5.74) is 9.31. The first-order chi connectivity index (χ1) is 20.6. The molecule has 3 N–H and O–H groups in total. The van der Waals surface area contributed by atoms with Gasteiger partial charge in [-0.3, -0.25) is 15.0 Å². The van der Waals surface area contributed by atoms with Crippen molar-refractivity contribution in [3.63, 3.8) is 0 Å². The van der Waals surface area contributed by atoms with E-state index in [9.17, 15) is 19.7 Å².